The SMILES string of the molecule is CC(=O)n1nc2c(c1-c1nc3ccccc3n1C(C)=O)C(=O)c1ccccc1-2. The first kappa shape index (κ1) is 16.3. The van der Waals surface area contributed by atoms with Crippen molar-refractivity contribution in [2.75, 3.05) is 0 Å². The predicted molar refractivity (Wildman–Crippen MR) is 102 cm³/mol. The van der Waals surface area contributed by atoms with Gasteiger partial charge in [0.15, 0.2) is 11.6 Å². The topological polar surface area (TPSA) is 86.8 Å². The Morgan fingerprint density at radius 1 is 0.893 bits per heavy atom. The molecular formula is C21H14N4O3. The summed E-state index contributed by atoms with van der Waals surface area (Å²) in [5.41, 5.74) is 3.40. The van der Waals surface area contributed by atoms with Crippen molar-refractivity contribution in [2.45, 2.75) is 13.8 Å². The number of imidazole rings is 1. The standard InChI is InChI=1S/C21H14N4O3/c1-11(26)24-16-10-6-5-9-15(16)22-21(24)19-17-18(23-25(19)12(2)27)13-7-3-4-8-14(13)20(17)28/h3-10H,1-2H3. The van der Waals surface area contributed by atoms with E-state index in [1.165, 1.54) is 23.1 Å². The summed E-state index contributed by atoms with van der Waals surface area (Å²) in [6.45, 7) is 2.78. The summed E-state index contributed by atoms with van der Waals surface area (Å²) in [6, 6.07) is 14.3. The molecule has 1 aliphatic rings. The van der Waals surface area contributed by atoms with Crippen LogP contribution in [0, 0.1) is 0 Å². The first-order chi connectivity index (χ1) is 13.5. The van der Waals surface area contributed by atoms with Crippen LogP contribution in [0.5, 0.6) is 0 Å². The number of carbonyl (C=O) groups is 3. The maximum absolute atomic E-state index is 13.1. The molecule has 0 amide bonds. The fraction of sp³-hybridized carbons (Fsp3) is 0.0952. The first-order valence-electron chi connectivity index (χ1n) is 8.76. The van der Waals surface area contributed by atoms with Crippen molar-refractivity contribution < 1.29 is 14.4 Å². The molecular weight excluding hydrogens is 356 g/mol. The van der Waals surface area contributed by atoms with Crippen LogP contribution in [0.3, 0.4) is 0 Å². The Morgan fingerprint density at radius 3 is 2.29 bits per heavy atom. The summed E-state index contributed by atoms with van der Waals surface area (Å²) in [5, 5.41) is 4.41. The Kier molecular flexibility index (Phi) is 3.24. The Hall–Kier alpha value is -3.87. The van der Waals surface area contributed by atoms with E-state index in [1.54, 1.807) is 36.4 Å². The van der Waals surface area contributed by atoms with Crippen LogP contribution < -0.4 is 0 Å². The highest BCUT2D eigenvalue weighted by Crippen LogP contribution is 2.41. The molecule has 0 spiro atoms. The van der Waals surface area contributed by atoms with Gasteiger partial charge in [-0.05, 0) is 12.1 Å². The van der Waals surface area contributed by atoms with Gasteiger partial charge in [0.2, 0.25) is 11.8 Å². The molecule has 0 saturated carbocycles. The van der Waals surface area contributed by atoms with Crippen molar-refractivity contribution in [2.24, 2.45) is 0 Å². The highest BCUT2D eigenvalue weighted by molar-refractivity contribution is 6.24. The molecule has 28 heavy (non-hydrogen) atoms. The molecule has 2 aromatic carbocycles. The van der Waals surface area contributed by atoms with Gasteiger partial charge in [-0.1, -0.05) is 36.4 Å². The molecule has 5 rings (SSSR count). The molecule has 136 valence electrons. The smallest absolute Gasteiger partial charge is 0.244 e. The molecule has 1 aliphatic carbocycles. The van der Waals surface area contributed by atoms with Gasteiger partial charge in [0.1, 0.15) is 11.4 Å². The van der Waals surface area contributed by atoms with E-state index in [0.717, 1.165) is 0 Å². The zero-order valence-electron chi connectivity index (χ0n) is 15.1. The van der Waals surface area contributed by atoms with Crippen molar-refractivity contribution in [3.63, 3.8) is 0 Å². The molecule has 0 atom stereocenters. The van der Waals surface area contributed by atoms with E-state index in [-0.39, 0.29) is 29.1 Å². The second-order valence-electron chi connectivity index (χ2n) is 6.66. The first-order valence-corrected chi connectivity index (χ1v) is 8.76. The van der Waals surface area contributed by atoms with Gasteiger partial charge in [-0.25, -0.2) is 4.98 Å². The molecule has 7 heteroatoms. The number of aromatic nitrogens is 4. The average Bonchev–Trinajstić information content (AvgIpc) is 3.32. The molecule has 0 N–H and O–H groups in total. The van der Waals surface area contributed by atoms with Crippen molar-refractivity contribution in [1.82, 2.24) is 19.3 Å². The van der Waals surface area contributed by atoms with E-state index in [2.05, 4.69) is 10.1 Å². The van der Waals surface area contributed by atoms with Crippen molar-refractivity contribution in [1.29, 1.82) is 0 Å². The normalized spacial score (nSPS) is 12.3. The van der Waals surface area contributed by atoms with Crippen LogP contribution in [0.2, 0.25) is 0 Å². The van der Waals surface area contributed by atoms with E-state index < -0.39 is 0 Å². The summed E-state index contributed by atoms with van der Waals surface area (Å²) in [7, 11) is 0. The molecule has 0 fully saturated rings. The minimum absolute atomic E-state index is 0.227. The van der Waals surface area contributed by atoms with Crippen molar-refractivity contribution >= 4 is 28.6 Å². The Bertz CT molecular complexity index is 1340. The fourth-order valence-electron chi connectivity index (χ4n) is 3.78. The molecule has 4 aromatic rings. The molecule has 7 nitrogen and oxygen atoms in total. The zero-order chi connectivity index (χ0) is 19.6. The van der Waals surface area contributed by atoms with E-state index in [9.17, 15) is 14.4 Å². The number of carbonyl (C=O) groups excluding carboxylic acids is 3. The number of benzene rings is 2. The van der Waals surface area contributed by atoms with Crippen molar-refractivity contribution in [3.05, 3.63) is 59.7 Å². The van der Waals surface area contributed by atoms with Crippen LogP contribution in [0.4, 0.5) is 0 Å². The number of rotatable bonds is 1. The van der Waals surface area contributed by atoms with E-state index in [0.29, 0.717) is 33.4 Å². The molecule has 2 aromatic heterocycles. The number of hydrogen-bond donors (Lipinski definition) is 0. The van der Waals surface area contributed by atoms with Gasteiger partial charge < -0.3 is 0 Å². The molecule has 2 heterocycles. The van der Waals surface area contributed by atoms with Crippen molar-refractivity contribution in [3.8, 4) is 22.8 Å². The second kappa shape index (κ2) is 5.56. The number of para-hydroxylation sites is 2. The average molecular weight is 370 g/mol. The third-order valence-electron chi connectivity index (χ3n) is 4.93. The van der Waals surface area contributed by atoms with Crippen LogP contribution in [-0.4, -0.2) is 36.9 Å². The predicted octanol–water partition coefficient (Wildman–Crippen LogP) is 3.43. The van der Waals surface area contributed by atoms with Gasteiger partial charge in [-0.2, -0.15) is 9.78 Å². The second-order valence-corrected chi connectivity index (χ2v) is 6.66. The van der Waals surface area contributed by atoms with Crippen LogP contribution in [0.25, 0.3) is 33.8 Å². The zero-order valence-corrected chi connectivity index (χ0v) is 15.1. The summed E-state index contributed by atoms with van der Waals surface area (Å²) in [5.74, 6) is -0.623. The number of fused-ring (bicyclic) bond motifs is 4. The minimum Gasteiger partial charge on any atom is -0.288 e. The maximum Gasteiger partial charge on any atom is 0.244 e. The van der Waals surface area contributed by atoms with E-state index in [1.807, 2.05) is 12.1 Å². The lowest BCUT2D eigenvalue weighted by molar-refractivity contribution is 0.0915. The summed E-state index contributed by atoms with van der Waals surface area (Å²) in [6.07, 6.45) is 0. The molecule has 0 aliphatic heterocycles. The summed E-state index contributed by atoms with van der Waals surface area (Å²) >= 11 is 0. The Morgan fingerprint density at radius 2 is 1.57 bits per heavy atom. The van der Waals surface area contributed by atoms with Crippen LogP contribution in [0.15, 0.2) is 48.5 Å². The monoisotopic (exact) mass is 370 g/mol. The number of nitrogens with zero attached hydrogens (tertiary/aromatic N) is 4. The Labute approximate surface area is 159 Å². The lowest BCUT2D eigenvalue weighted by Crippen LogP contribution is -2.16. The van der Waals surface area contributed by atoms with Crippen LogP contribution in [0.1, 0.15) is 39.4 Å². The number of hydrogen-bond acceptors (Lipinski definition) is 5. The van der Waals surface area contributed by atoms with Crippen LogP contribution in [-0.2, 0) is 0 Å². The maximum atomic E-state index is 13.1. The van der Waals surface area contributed by atoms with Gasteiger partial charge in [0, 0.05) is 25.0 Å². The van der Waals surface area contributed by atoms with E-state index >= 15 is 0 Å². The Balaban J connectivity index is 1.91. The molecule has 0 bridgehead atoms. The summed E-state index contributed by atoms with van der Waals surface area (Å²) < 4.78 is 2.58. The molecule has 0 radical (unpaired) electrons. The van der Waals surface area contributed by atoms with Gasteiger partial charge in [0.25, 0.3) is 0 Å². The lowest BCUT2D eigenvalue weighted by Gasteiger charge is -2.08. The fourth-order valence-corrected chi connectivity index (χ4v) is 3.78. The van der Waals surface area contributed by atoms with E-state index in [4.69, 9.17) is 0 Å². The highest BCUT2D eigenvalue weighted by Gasteiger charge is 2.37. The summed E-state index contributed by atoms with van der Waals surface area (Å²) in [4.78, 5) is 42.5. The quantitative estimate of drug-likeness (QED) is 0.451. The molecule has 0 saturated heterocycles. The lowest BCUT2D eigenvalue weighted by atomic mass is 10.1. The largest absolute Gasteiger partial charge is 0.288 e. The van der Waals surface area contributed by atoms with Gasteiger partial charge >= 0.3 is 0 Å². The van der Waals surface area contributed by atoms with Gasteiger partial charge in [-0.3, -0.25) is 19.0 Å². The third kappa shape index (κ3) is 2.01. The highest BCUT2D eigenvalue weighted by atomic mass is 16.2. The number of ketones is 1. The van der Waals surface area contributed by atoms with Gasteiger partial charge in [0.05, 0.1) is 16.6 Å². The minimum atomic E-state index is -0.364. The third-order valence-corrected chi connectivity index (χ3v) is 4.93. The molecule has 0 unspecified atom stereocenters. The van der Waals surface area contributed by atoms with Crippen LogP contribution >= 0.6 is 0 Å². The van der Waals surface area contributed by atoms with Gasteiger partial charge in [-0.15, -0.1) is 0 Å².